The monoisotopic (exact) mass is 255 g/mol. The second-order valence-corrected chi connectivity index (χ2v) is 5.00. The van der Waals surface area contributed by atoms with E-state index >= 15 is 0 Å². The molecule has 0 radical (unpaired) electrons. The number of aromatic nitrogens is 1. The van der Waals surface area contributed by atoms with Crippen LogP contribution in [-0.4, -0.2) is 10.5 Å². The fraction of sp³-hybridized carbons (Fsp3) is 0.0714. The van der Waals surface area contributed by atoms with Crippen molar-refractivity contribution >= 4 is 17.4 Å². The summed E-state index contributed by atoms with van der Waals surface area (Å²) in [5.41, 5.74) is 9.47. The Labute approximate surface area is 110 Å². The second-order valence-electron chi connectivity index (χ2n) is 3.97. The highest BCUT2D eigenvalue weighted by Crippen LogP contribution is 2.35. The fourth-order valence-corrected chi connectivity index (χ4v) is 2.70. The first-order valence-corrected chi connectivity index (χ1v) is 6.66. The molecule has 1 aromatic heterocycles. The molecule has 90 valence electrons. The van der Waals surface area contributed by atoms with Gasteiger partial charge in [-0.1, -0.05) is 30.0 Å². The van der Waals surface area contributed by atoms with E-state index in [4.69, 9.17) is 5.73 Å². The van der Waals surface area contributed by atoms with Crippen LogP contribution in [0.2, 0.25) is 0 Å². The molecule has 4 heteroatoms. The van der Waals surface area contributed by atoms with Crippen LogP contribution in [0.1, 0.15) is 0 Å². The molecule has 1 unspecified atom stereocenters. The van der Waals surface area contributed by atoms with E-state index in [9.17, 15) is 0 Å². The number of para-hydroxylation sites is 1. The van der Waals surface area contributed by atoms with Gasteiger partial charge in [0.15, 0.2) is 0 Å². The Balaban J connectivity index is 2.08. The van der Waals surface area contributed by atoms with Gasteiger partial charge in [-0.25, -0.2) is 0 Å². The first-order chi connectivity index (χ1) is 8.86. The normalized spacial score (nSPS) is 18.3. The van der Waals surface area contributed by atoms with Gasteiger partial charge in [0.1, 0.15) is 5.50 Å². The van der Waals surface area contributed by atoms with Crippen LogP contribution in [-0.2, 0) is 0 Å². The lowest BCUT2D eigenvalue weighted by molar-refractivity contribution is 0.927. The molecule has 1 aromatic carbocycles. The minimum atomic E-state index is -0.0482. The van der Waals surface area contributed by atoms with Gasteiger partial charge >= 0.3 is 0 Å². The Kier molecular flexibility index (Phi) is 3.04. The Bertz CT molecular complexity index is 568. The van der Waals surface area contributed by atoms with Gasteiger partial charge < -0.3 is 10.6 Å². The van der Waals surface area contributed by atoms with Crippen LogP contribution in [0.25, 0.3) is 11.1 Å². The van der Waals surface area contributed by atoms with E-state index in [0.29, 0.717) is 0 Å². The molecular weight excluding hydrogens is 242 g/mol. The molecule has 1 aliphatic heterocycles. The van der Waals surface area contributed by atoms with Crippen LogP contribution >= 0.6 is 11.8 Å². The molecule has 3 nitrogen and oxygen atoms in total. The molecule has 0 saturated heterocycles. The largest absolute Gasteiger partial charge is 0.322 e. The molecule has 0 saturated carbocycles. The average Bonchev–Trinajstić information content (AvgIpc) is 2.86. The van der Waals surface area contributed by atoms with Gasteiger partial charge in [0, 0.05) is 24.2 Å². The third kappa shape index (κ3) is 2.00. The number of anilines is 1. The number of benzene rings is 1. The summed E-state index contributed by atoms with van der Waals surface area (Å²) in [6.45, 7) is 0. The van der Waals surface area contributed by atoms with Crippen molar-refractivity contribution in [2.24, 2.45) is 5.73 Å². The van der Waals surface area contributed by atoms with Crippen LogP contribution in [0.15, 0.2) is 60.4 Å². The maximum absolute atomic E-state index is 6.07. The van der Waals surface area contributed by atoms with Gasteiger partial charge in [-0.3, -0.25) is 4.98 Å². The summed E-state index contributed by atoms with van der Waals surface area (Å²) in [5.74, 6) is 0. The van der Waals surface area contributed by atoms with E-state index in [2.05, 4.69) is 22.0 Å². The summed E-state index contributed by atoms with van der Waals surface area (Å²) in [6.07, 6.45) is 5.64. The molecule has 0 amide bonds. The zero-order valence-electron chi connectivity index (χ0n) is 9.73. The minimum Gasteiger partial charge on any atom is -0.322 e. The maximum atomic E-state index is 6.07. The predicted octanol–water partition coefficient (Wildman–Crippen LogP) is 3.02. The number of hydrogen-bond donors (Lipinski definition) is 1. The summed E-state index contributed by atoms with van der Waals surface area (Å²) in [4.78, 5) is 6.14. The van der Waals surface area contributed by atoms with Crippen molar-refractivity contribution < 1.29 is 0 Å². The van der Waals surface area contributed by atoms with E-state index in [1.807, 2.05) is 35.9 Å². The van der Waals surface area contributed by atoms with Gasteiger partial charge in [-0.15, -0.1) is 0 Å². The molecule has 0 aliphatic carbocycles. The highest BCUT2D eigenvalue weighted by molar-refractivity contribution is 8.03. The topological polar surface area (TPSA) is 42.1 Å². The highest BCUT2D eigenvalue weighted by Gasteiger charge is 2.19. The van der Waals surface area contributed by atoms with Gasteiger partial charge in [0.05, 0.1) is 5.69 Å². The third-order valence-corrected chi connectivity index (χ3v) is 3.67. The number of pyridine rings is 1. The molecule has 1 atom stereocenters. The number of nitrogens with two attached hydrogens (primary N) is 1. The molecule has 0 spiro atoms. The summed E-state index contributed by atoms with van der Waals surface area (Å²) >= 11 is 1.61. The summed E-state index contributed by atoms with van der Waals surface area (Å²) < 4.78 is 0. The van der Waals surface area contributed by atoms with Crippen LogP contribution in [0, 0.1) is 0 Å². The van der Waals surface area contributed by atoms with Crippen molar-refractivity contribution in [1.82, 2.24) is 4.98 Å². The molecule has 3 rings (SSSR count). The van der Waals surface area contributed by atoms with E-state index in [1.54, 1.807) is 24.2 Å². The molecule has 1 aliphatic rings. The molecule has 0 bridgehead atoms. The summed E-state index contributed by atoms with van der Waals surface area (Å²) in [6, 6.07) is 12.3. The van der Waals surface area contributed by atoms with E-state index < -0.39 is 0 Å². The zero-order valence-corrected chi connectivity index (χ0v) is 10.5. The quantitative estimate of drug-likeness (QED) is 0.895. The van der Waals surface area contributed by atoms with Gasteiger partial charge in [-0.05, 0) is 29.2 Å². The molecule has 2 aromatic rings. The average molecular weight is 255 g/mol. The lowest BCUT2D eigenvalue weighted by atomic mass is 10.0. The molecular formula is C14H13N3S. The smallest absolute Gasteiger partial charge is 0.133 e. The Morgan fingerprint density at radius 3 is 2.61 bits per heavy atom. The molecule has 18 heavy (non-hydrogen) atoms. The Hall–Kier alpha value is -1.78. The fourth-order valence-electron chi connectivity index (χ4n) is 2.02. The minimum absolute atomic E-state index is 0.0482. The van der Waals surface area contributed by atoms with Crippen LogP contribution in [0.3, 0.4) is 0 Å². The van der Waals surface area contributed by atoms with E-state index in [1.165, 1.54) is 5.56 Å². The zero-order chi connectivity index (χ0) is 12.4. The van der Waals surface area contributed by atoms with Crippen molar-refractivity contribution in [2.45, 2.75) is 5.50 Å². The highest BCUT2D eigenvalue weighted by atomic mass is 32.2. The number of nitrogens with zero attached hydrogens (tertiary/aromatic N) is 2. The summed E-state index contributed by atoms with van der Waals surface area (Å²) in [7, 11) is 0. The lowest BCUT2D eigenvalue weighted by Crippen LogP contribution is -2.32. The number of rotatable bonds is 2. The first-order valence-electron chi connectivity index (χ1n) is 5.72. The van der Waals surface area contributed by atoms with Crippen LogP contribution in [0.5, 0.6) is 0 Å². The van der Waals surface area contributed by atoms with E-state index in [-0.39, 0.29) is 5.50 Å². The van der Waals surface area contributed by atoms with E-state index in [0.717, 1.165) is 11.3 Å². The maximum Gasteiger partial charge on any atom is 0.133 e. The number of hydrogen-bond acceptors (Lipinski definition) is 4. The van der Waals surface area contributed by atoms with Crippen LogP contribution in [0.4, 0.5) is 5.69 Å². The van der Waals surface area contributed by atoms with Gasteiger partial charge in [0.2, 0.25) is 0 Å². The summed E-state index contributed by atoms with van der Waals surface area (Å²) in [5, 5.41) is 2.02. The van der Waals surface area contributed by atoms with Crippen molar-refractivity contribution in [3.8, 4) is 11.1 Å². The standard InChI is InChI=1S/C14H13N3S/c15-14-17(9-10-18-14)13-4-2-1-3-12(13)11-5-7-16-8-6-11/h1-10,14H,15H2. The molecule has 2 heterocycles. The number of thioether (sulfide) groups is 1. The van der Waals surface area contributed by atoms with Crippen molar-refractivity contribution in [3.05, 3.63) is 60.4 Å². The van der Waals surface area contributed by atoms with Crippen molar-refractivity contribution in [1.29, 1.82) is 0 Å². The molecule has 2 N–H and O–H groups in total. The van der Waals surface area contributed by atoms with Crippen LogP contribution < -0.4 is 10.6 Å². The Morgan fingerprint density at radius 2 is 1.89 bits per heavy atom. The first kappa shape index (κ1) is 11.3. The lowest BCUT2D eigenvalue weighted by Gasteiger charge is -2.24. The third-order valence-electron chi connectivity index (χ3n) is 2.89. The van der Waals surface area contributed by atoms with Crippen molar-refractivity contribution in [2.75, 3.05) is 4.90 Å². The Morgan fingerprint density at radius 1 is 1.11 bits per heavy atom. The second kappa shape index (κ2) is 4.84. The van der Waals surface area contributed by atoms with Gasteiger partial charge in [-0.2, -0.15) is 0 Å². The van der Waals surface area contributed by atoms with Crippen molar-refractivity contribution in [3.63, 3.8) is 0 Å². The SMILES string of the molecule is NC1SC=CN1c1ccccc1-c1ccncc1. The predicted molar refractivity (Wildman–Crippen MR) is 76.9 cm³/mol. The van der Waals surface area contributed by atoms with Gasteiger partial charge in [0.25, 0.3) is 0 Å². The molecule has 0 fully saturated rings.